The fourth-order valence-electron chi connectivity index (χ4n) is 3.77. The van der Waals surface area contributed by atoms with Gasteiger partial charge in [-0.05, 0) is 40.6 Å². The van der Waals surface area contributed by atoms with Crippen LogP contribution in [0, 0.1) is 0 Å². The van der Waals surface area contributed by atoms with Gasteiger partial charge in [0.2, 0.25) is 5.91 Å². The van der Waals surface area contributed by atoms with Gasteiger partial charge in [-0.25, -0.2) is 0 Å². The number of hydrogen-bond acceptors (Lipinski definition) is 4. The van der Waals surface area contributed by atoms with E-state index in [0.717, 1.165) is 49.5 Å². The number of ether oxygens (including phenoxy) is 1. The molecule has 0 saturated carbocycles. The molecule has 4 rings (SSSR count). The average molecular weight is 389 g/mol. The topological polar surface area (TPSA) is 44.8 Å². The molecule has 0 aliphatic carbocycles. The summed E-state index contributed by atoms with van der Waals surface area (Å²) in [5.41, 5.74) is 2.14. The molecule has 0 aromatic heterocycles. The van der Waals surface area contributed by atoms with Crippen molar-refractivity contribution in [2.24, 2.45) is 0 Å². The first kappa shape index (κ1) is 19.4. The highest BCUT2D eigenvalue weighted by molar-refractivity contribution is 5.95. The zero-order chi connectivity index (χ0) is 20.1. The van der Waals surface area contributed by atoms with Crippen LogP contribution in [0.5, 0.6) is 5.75 Å². The Morgan fingerprint density at radius 1 is 0.897 bits per heavy atom. The summed E-state index contributed by atoms with van der Waals surface area (Å²) < 4.78 is 5.22. The third-order valence-corrected chi connectivity index (χ3v) is 5.43. The van der Waals surface area contributed by atoms with Crippen molar-refractivity contribution in [2.45, 2.75) is 6.54 Å². The van der Waals surface area contributed by atoms with Gasteiger partial charge < -0.3 is 10.1 Å². The third kappa shape index (κ3) is 5.13. The Morgan fingerprint density at radius 3 is 2.31 bits per heavy atom. The molecule has 3 aromatic carbocycles. The minimum Gasteiger partial charge on any atom is -0.497 e. The monoisotopic (exact) mass is 389 g/mol. The minimum atomic E-state index is 0.0453. The lowest BCUT2D eigenvalue weighted by Crippen LogP contribution is -2.48. The molecule has 0 spiro atoms. The van der Waals surface area contributed by atoms with Gasteiger partial charge in [0.05, 0.1) is 13.7 Å². The molecule has 1 aliphatic rings. The van der Waals surface area contributed by atoms with E-state index in [9.17, 15) is 4.79 Å². The number of methoxy groups -OCH3 is 1. The summed E-state index contributed by atoms with van der Waals surface area (Å²) in [6, 6.07) is 22.4. The largest absolute Gasteiger partial charge is 0.497 e. The fourth-order valence-corrected chi connectivity index (χ4v) is 3.77. The molecule has 3 aromatic rings. The Labute approximate surface area is 171 Å². The van der Waals surface area contributed by atoms with Crippen LogP contribution in [0.1, 0.15) is 5.56 Å². The maximum Gasteiger partial charge on any atom is 0.238 e. The lowest BCUT2D eigenvalue weighted by atomic mass is 10.1. The van der Waals surface area contributed by atoms with E-state index in [1.54, 1.807) is 7.11 Å². The van der Waals surface area contributed by atoms with E-state index in [1.807, 2.05) is 42.5 Å². The highest BCUT2D eigenvalue weighted by Gasteiger charge is 2.19. The predicted molar refractivity (Wildman–Crippen MR) is 117 cm³/mol. The third-order valence-electron chi connectivity index (χ3n) is 5.43. The number of carbonyl (C=O) groups excluding carboxylic acids is 1. The van der Waals surface area contributed by atoms with Crippen LogP contribution in [0.15, 0.2) is 66.7 Å². The zero-order valence-corrected chi connectivity index (χ0v) is 16.8. The van der Waals surface area contributed by atoms with Gasteiger partial charge in [0, 0.05) is 38.4 Å². The lowest BCUT2D eigenvalue weighted by molar-refractivity contribution is -0.117. The van der Waals surface area contributed by atoms with E-state index < -0.39 is 0 Å². The molecule has 5 heteroatoms. The van der Waals surface area contributed by atoms with Gasteiger partial charge in [0.1, 0.15) is 5.75 Å². The standard InChI is InChI=1S/C24H27N3O2/c1-29-23-10-6-19(7-11-23)17-26-12-14-27(15-13-26)18-24(28)25-22-9-8-20-4-2-3-5-21(20)16-22/h2-11,16H,12-15,17-18H2,1H3,(H,25,28). The number of hydrogen-bond donors (Lipinski definition) is 1. The van der Waals surface area contributed by atoms with Gasteiger partial charge in [-0.3, -0.25) is 14.6 Å². The smallest absolute Gasteiger partial charge is 0.238 e. The molecule has 1 saturated heterocycles. The predicted octanol–water partition coefficient (Wildman–Crippen LogP) is 3.60. The van der Waals surface area contributed by atoms with Gasteiger partial charge >= 0.3 is 0 Å². The number of piperazine rings is 1. The molecule has 5 nitrogen and oxygen atoms in total. The van der Waals surface area contributed by atoms with E-state index in [-0.39, 0.29) is 5.91 Å². The number of amides is 1. The van der Waals surface area contributed by atoms with Crippen molar-refractivity contribution >= 4 is 22.4 Å². The van der Waals surface area contributed by atoms with Crippen molar-refractivity contribution in [3.8, 4) is 5.75 Å². The van der Waals surface area contributed by atoms with E-state index in [1.165, 1.54) is 10.9 Å². The van der Waals surface area contributed by atoms with Gasteiger partial charge in [-0.15, -0.1) is 0 Å². The molecule has 0 bridgehead atoms. The number of nitrogens with one attached hydrogen (secondary N) is 1. The molecule has 1 N–H and O–H groups in total. The quantitative estimate of drug-likeness (QED) is 0.700. The SMILES string of the molecule is COc1ccc(CN2CCN(CC(=O)Nc3ccc4ccccc4c3)CC2)cc1. The number of anilines is 1. The van der Waals surface area contributed by atoms with Crippen LogP contribution in [-0.4, -0.2) is 55.5 Å². The Kier molecular flexibility index (Phi) is 6.08. The maximum absolute atomic E-state index is 12.5. The summed E-state index contributed by atoms with van der Waals surface area (Å²) in [7, 11) is 1.68. The van der Waals surface area contributed by atoms with Gasteiger partial charge in [-0.2, -0.15) is 0 Å². The number of benzene rings is 3. The Balaban J connectivity index is 1.24. The molecule has 150 valence electrons. The molecule has 0 unspecified atom stereocenters. The summed E-state index contributed by atoms with van der Waals surface area (Å²) in [5.74, 6) is 0.930. The number of fused-ring (bicyclic) bond motifs is 1. The average Bonchev–Trinajstić information content (AvgIpc) is 2.75. The first-order valence-corrected chi connectivity index (χ1v) is 10.1. The molecule has 1 heterocycles. The molecular weight excluding hydrogens is 362 g/mol. The second-order valence-electron chi connectivity index (χ2n) is 7.51. The first-order valence-electron chi connectivity index (χ1n) is 10.1. The highest BCUT2D eigenvalue weighted by Crippen LogP contribution is 2.19. The van der Waals surface area contributed by atoms with Gasteiger partial charge in [-0.1, -0.05) is 42.5 Å². The Morgan fingerprint density at radius 2 is 1.59 bits per heavy atom. The first-order chi connectivity index (χ1) is 14.2. The van der Waals surface area contributed by atoms with Crippen LogP contribution in [0.25, 0.3) is 10.8 Å². The van der Waals surface area contributed by atoms with Crippen molar-refractivity contribution in [2.75, 3.05) is 45.2 Å². The number of nitrogens with zero attached hydrogens (tertiary/aromatic N) is 2. The van der Waals surface area contributed by atoms with Gasteiger partial charge in [0.25, 0.3) is 0 Å². The molecule has 0 radical (unpaired) electrons. The van der Waals surface area contributed by atoms with Crippen LogP contribution < -0.4 is 10.1 Å². The lowest BCUT2D eigenvalue weighted by Gasteiger charge is -2.34. The summed E-state index contributed by atoms with van der Waals surface area (Å²) in [5, 5.41) is 5.35. The molecule has 1 fully saturated rings. The molecule has 1 aliphatic heterocycles. The number of rotatable bonds is 6. The van der Waals surface area contributed by atoms with E-state index in [4.69, 9.17) is 4.74 Å². The molecular formula is C24H27N3O2. The Hall–Kier alpha value is -2.89. The summed E-state index contributed by atoms with van der Waals surface area (Å²) >= 11 is 0. The maximum atomic E-state index is 12.5. The second-order valence-corrected chi connectivity index (χ2v) is 7.51. The summed E-state index contributed by atoms with van der Waals surface area (Å²) in [6.45, 7) is 5.11. The highest BCUT2D eigenvalue weighted by atomic mass is 16.5. The molecule has 0 atom stereocenters. The van der Waals surface area contributed by atoms with Crippen molar-refractivity contribution in [1.29, 1.82) is 0 Å². The zero-order valence-electron chi connectivity index (χ0n) is 16.8. The van der Waals surface area contributed by atoms with Crippen LogP contribution in [0.2, 0.25) is 0 Å². The van der Waals surface area contributed by atoms with Gasteiger partial charge in [0.15, 0.2) is 0 Å². The van der Waals surface area contributed by atoms with E-state index in [2.05, 4.69) is 39.4 Å². The van der Waals surface area contributed by atoms with Crippen molar-refractivity contribution in [3.63, 3.8) is 0 Å². The van der Waals surface area contributed by atoms with Crippen molar-refractivity contribution < 1.29 is 9.53 Å². The van der Waals surface area contributed by atoms with E-state index in [0.29, 0.717) is 6.54 Å². The second kappa shape index (κ2) is 9.07. The minimum absolute atomic E-state index is 0.0453. The van der Waals surface area contributed by atoms with Crippen LogP contribution in [0.4, 0.5) is 5.69 Å². The summed E-state index contributed by atoms with van der Waals surface area (Å²) in [6.07, 6.45) is 0. The normalized spacial score (nSPS) is 15.3. The fraction of sp³-hybridized carbons (Fsp3) is 0.292. The van der Waals surface area contributed by atoms with Crippen molar-refractivity contribution in [3.05, 3.63) is 72.3 Å². The Bertz CT molecular complexity index is 963. The van der Waals surface area contributed by atoms with Crippen LogP contribution >= 0.6 is 0 Å². The van der Waals surface area contributed by atoms with Crippen LogP contribution in [-0.2, 0) is 11.3 Å². The molecule has 29 heavy (non-hydrogen) atoms. The van der Waals surface area contributed by atoms with Crippen molar-refractivity contribution in [1.82, 2.24) is 9.80 Å². The number of carbonyl (C=O) groups is 1. The van der Waals surface area contributed by atoms with Crippen LogP contribution in [0.3, 0.4) is 0 Å². The van der Waals surface area contributed by atoms with E-state index >= 15 is 0 Å². The molecule has 1 amide bonds. The summed E-state index contributed by atoms with van der Waals surface area (Å²) in [4.78, 5) is 17.1.